The monoisotopic (exact) mass is 196 g/mol. The second-order valence-electron chi connectivity index (χ2n) is 3.08. The highest BCUT2D eigenvalue weighted by molar-refractivity contribution is 6.67. The smallest absolute Gasteiger partial charge is 0.261 e. The lowest BCUT2D eigenvalue weighted by Crippen LogP contribution is -2.15. The molecule has 4 heteroatoms. The van der Waals surface area contributed by atoms with Crippen LogP contribution in [0.25, 0.3) is 0 Å². The standard InChI is InChI=1S/C9H11ClN3/c10-9(13-5-1-2-6-13)8-7-11-3-4-12-8/h3-4,7H,1-2,5-6H2/q+1. The maximum atomic E-state index is 6.15. The molecule has 1 aromatic rings. The van der Waals surface area contributed by atoms with E-state index in [4.69, 9.17) is 11.6 Å². The first-order chi connectivity index (χ1) is 6.38. The Labute approximate surface area is 82.1 Å². The molecule has 0 bridgehead atoms. The van der Waals surface area contributed by atoms with Crippen LogP contribution in [0.15, 0.2) is 18.6 Å². The molecule has 0 amide bonds. The van der Waals surface area contributed by atoms with Crippen LogP contribution in [-0.4, -0.2) is 32.8 Å². The Morgan fingerprint density at radius 2 is 2.08 bits per heavy atom. The van der Waals surface area contributed by atoms with Crippen molar-refractivity contribution < 1.29 is 4.58 Å². The molecule has 1 aromatic heterocycles. The first kappa shape index (κ1) is 8.63. The van der Waals surface area contributed by atoms with E-state index in [1.807, 2.05) is 0 Å². The van der Waals surface area contributed by atoms with Gasteiger partial charge >= 0.3 is 0 Å². The first-order valence-corrected chi connectivity index (χ1v) is 4.79. The first-order valence-electron chi connectivity index (χ1n) is 4.42. The second kappa shape index (κ2) is 3.83. The number of nitrogens with zero attached hydrogens (tertiary/aromatic N) is 3. The molecular weight excluding hydrogens is 186 g/mol. The SMILES string of the molecule is ClC(c1cnccn1)=[N+]1CCCC1. The van der Waals surface area contributed by atoms with Crippen molar-refractivity contribution >= 4 is 16.8 Å². The summed E-state index contributed by atoms with van der Waals surface area (Å²) in [6.07, 6.45) is 7.44. The molecule has 2 heterocycles. The van der Waals surface area contributed by atoms with Crippen molar-refractivity contribution in [3.05, 3.63) is 24.3 Å². The molecule has 0 aliphatic carbocycles. The molecule has 0 unspecified atom stereocenters. The van der Waals surface area contributed by atoms with Gasteiger partial charge in [0.1, 0.15) is 13.1 Å². The molecule has 0 atom stereocenters. The third-order valence-corrected chi connectivity index (χ3v) is 2.59. The van der Waals surface area contributed by atoms with Gasteiger partial charge in [0.2, 0.25) is 0 Å². The average molecular weight is 197 g/mol. The topological polar surface area (TPSA) is 28.8 Å². The van der Waals surface area contributed by atoms with Gasteiger partial charge in [-0.25, -0.2) is 9.56 Å². The summed E-state index contributed by atoms with van der Waals surface area (Å²) in [7, 11) is 0. The van der Waals surface area contributed by atoms with Crippen LogP contribution in [0, 0.1) is 0 Å². The zero-order valence-corrected chi connectivity index (χ0v) is 8.04. The highest BCUT2D eigenvalue weighted by Gasteiger charge is 2.20. The normalized spacial score (nSPS) is 16.2. The molecule has 0 spiro atoms. The third kappa shape index (κ3) is 1.86. The summed E-state index contributed by atoms with van der Waals surface area (Å²) in [5.74, 6) is 0. The van der Waals surface area contributed by atoms with E-state index in [1.54, 1.807) is 18.6 Å². The van der Waals surface area contributed by atoms with Gasteiger partial charge in [-0.1, -0.05) is 0 Å². The maximum Gasteiger partial charge on any atom is 0.297 e. The van der Waals surface area contributed by atoms with Gasteiger partial charge in [0, 0.05) is 25.2 Å². The molecule has 1 fully saturated rings. The minimum atomic E-state index is 0.727. The van der Waals surface area contributed by atoms with E-state index in [0.717, 1.165) is 24.0 Å². The Morgan fingerprint density at radius 3 is 2.69 bits per heavy atom. The van der Waals surface area contributed by atoms with Gasteiger partial charge in [-0.05, 0) is 11.6 Å². The van der Waals surface area contributed by atoms with Gasteiger partial charge in [0.05, 0.1) is 6.20 Å². The van der Waals surface area contributed by atoms with Crippen molar-refractivity contribution in [3.8, 4) is 0 Å². The summed E-state index contributed by atoms with van der Waals surface area (Å²) in [5.41, 5.74) is 0.770. The summed E-state index contributed by atoms with van der Waals surface area (Å²) >= 11 is 6.15. The van der Waals surface area contributed by atoms with Crippen LogP contribution < -0.4 is 0 Å². The number of rotatable bonds is 1. The predicted octanol–water partition coefficient (Wildman–Crippen LogP) is 1.27. The van der Waals surface area contributed by atoms with Gasteiger partial charge in [0.15, 0.2) is 5.69 Å². The molecule has 1 saturated heterocycles. The van der Waals surface area contributed by atoms with Crippen molar-refractivity contribution in [1.29, 1.82) is 0 Å². The van der Waals surface area contributed by atoms with E-state index in [0.29, 0.717) is 0 Å². The van der Waals surface area contributed by atoms with Crippen LogP contribution in [0.4, 0.5) is 0 Å². The van der Waals surface area contributed by atoms with Crippen LogP contribution >= 0.6 is 11.6 Å². The van der Waals surface area contributed by atoms with Crippen LogP contribution in [-0.2, 0) is 0 Å². The molecule has 2 rings (SSSR count). The fraction of sp³-hybridized carbons (Fsp3) is 0.444. The zero-order chi connectivity index (χ0) is 9.10. The van der Waals surface area contributed by atoms with E-state index in [1.165, 1.54) is 12.8 Å². The average Bonchev–Trinajstić information content (AvgIpc) is 2.71. The summed E-state index contributed by atoms with van der Waals surface area (Å²) < 4.78 is 2.14. The Kier molecular flexibility index (Phi) is 2.54. The molecule has 1 aliphatic rings. The Hall–Kier alpha value is -0.960. The van der Waals surface area contributed by atoms with E-state index in [2.05, 4.69) is 14.5 Å². The summed E-state index contributed by atoms with van der Waals surface area (Å²) in [6, 6.07) is 0. The van der Waals surface area contributed by atoms with Crippen molar-refractivity contribution in [2.24, 2.45) is 0 Å². The highest BCUT2D eigenvalue weighted by atomic mass is 35.5. The van der Waals surface area contributed by atoms with Crippen molar-refractivity contribution in [3.63, 3.8) is 0 Å². The molecule has 0 aromatic carbocycles. The van der Waals surface area contributed by atoms with Gasteiger partial charge in [-0.3, -0.25) is 4.98 Å². The zero-order valence-electron chi connectivity index (χ0n) is 7.28. The second-order valence-corrected chi connectivity index (χ2v) is 3.43. The van der Waals surface area contributed by atoms with E-state index in [9.17, 15) is 0 Å². The molecule has 0 saturated carbocycles. The van der Waals surface area contributed by atoms with Crippen molar-refractivity contribution in [2.45, 2.75) is 12.8 Å². The lowest BCUT2D eigenvalue weighted by Gasteiger charge is -1.96. The fourth-order valence-electron chi connectivity index (χ4n) is 1.48. The predicted molar refractivity (Wildman–Crippen MR) is 51.2 cm³/mol. The molecule has 68 valence electrons. The van der Waals surface area contributed by atoms with Crippen LogP contribution in [0.1, 0.15) is 18.5 Å². The van der Waals surface area contributed by atoms with E-state index < -0.39 is 0 Å². The summed E-state index contributed by atoms with van der Waals surface area (Å²) in [5, 5.41) is 0.727. The minimum absolute atomic E-state index is 0.727. The number of aromatic nitrogens is 2. The summed E-state index contributed by atoms with van der Waals surface area (Å²) in [4.78, 5) is 8.13. The molecular formula is C9H11ClN3+. The van der Waals surface area contributed by atoms with Gasteiger partial charge < -0.3 is 0 Å². The summed E-state index contributed by atoms with van der Waals surface area (Å²) in [6.45, 7) is 2.07. The van der Waals surface area contributed by atoms with Crippen molar-refractivity contribution in [2.75, 3.05) is 13.1 Å². The number of halogens is 1. The van der Waals surface area contributed by atoms with Crippen LogP contribution in [0.5, 0.6) is 0 Å². The van der Waals surface area contributed by atoms with Crippen LogP contribution in [0.2, 0.25) is 0 Å². The van der Waals surface area contributed by atoms with Crippen LogP contribution in [0.3, 0.4) is 0 Å². The molecule has 1 aliphatic heterocycles. The lowest BCUT2D eigenvalue weighted by molar-refractivity contribution is -0.503. The Morgan fingerprint density at radius 1 is 1.31 bits per heavy atom. The largest absolute Gasteiger partial charge is 0.297 e. The third-order valence-electron chi connectivity index (χ3n) is 2.16. The molecule has 0 radical (unpaired) electrons. The van der Waals surface area contributed by atoms with Gasteiger partial charge in [0.25, 0.3) is 5.17 Å². The maximum absolute atomic E-state index is 6.15. The number of hydrogen-bond acceptors (Lipinski definition) is 2. The molecule has 0 N–H and O–H groups in total. The van der Waals surface area contributed by atoms with Crippen molar-refractivity contribution in [1.82, 2.24) is 9.97 Å². The lowest BCUT2D eigenvalue weighted by atomic mass is 10.4. The van der Waals surface area contributed by atoms with E-state index >= 15 is 0 Å². The quantitative estimate of drug-likeness (QED) is 0.633. The number of hydrogen-bond donors (Lipinski definition) is 0. The van der Waals surface area contributed by atoms with Gasteiger partial charge in [-0.15, -0.1) is 0 Å². The highest BCUT2D eigenvalue weighted by Crippen LogP contribution is 2.07. The fourth-order valence-corrected chi connectivity index (χ4v) is 1.75. The van der Waals surface area contributed by atoms with Gasteiger partial charge in [-0.2, -0.15) is 0 Å². The Balaban J connectivity index is 2.30. The molecule has 13 heavy (non-hydrogen) atoms. The van der Waals surface area contributed by atoms with E-state index in [-0.39, 0.29) is 0 Å². The minimum Gasteiger partial charge on any atom is -0.261 e. The molecule has 3 nitrogen and oxygen atoms in total. The Bertz CT molecular complexity index is 313.